The number of methoxy groups -OCH3 is 2. The predicted molar refractivity (Wildman–Crippen MR) is 128 cm³/mol. The van der Waals surface area contributed by atoms with Gasteiger partial charge in [-0.15, -0.1) is 0 Å². The van der Waals surface area contributed by atoms with Gasteiger partial charge < -0.3 is 14.8 Å². The average Bonchev–Trinajstić information content (AvgIpc) is 3.13. The van der Waals surface area contributed by atoms with E-state index in [0.29, 0.717) is 42.3 Å². The molecule has 0 radical (unpaired) electrons. The number of sulfonamides is 1. The Kier molecular flexibility index (Phi) is 8.74. The Hall–Kier alpha value is -2.58. The molecule has 0 aromatic heterocycles. The van der Waals surface area contributed by atoms with Gasteiger partial charge in [-0.3, -0.25) is 4.79 Å². The highest BCUT2D eigenvalue weighted by molar-refractivity contribution is 7.89. The van der Waals surface area contributed by atoms with Crippen molar-refractivity contribution in [3.63, 3.8) is 0 Å². The lowest BCUT2D eigenvalue weighted by atomic mass is 10.1. The first-order chi connectivity index (χ1) is 15.8. The molecule has 1 fully saturated rings. The summed E-state index contributed by atoms with van der Waals surface area (Å²) in [4.78, 5) is 12.8. The molecule has 8 heteroatoms. The molecule has 1 atom stereocenters. The maximum Gasteiger partial charge on any atom is 0.243 e. The molecule has 1 aliphatic heterocycles. The van der Waals surface area contributed by atoms with Gasteiger partial charge in [0.1, 0.15) is 11.5 Å². The van der Waals surface area contributed by atoms with Gasteiger partial charge in [0.05, 0.1) is 25.2 Å². The van der Waals surface area contributed by atoms with Gasteiger partial charge in [0.15, 0.2) is 0 Å². The number of carbonyl (C=O) groups excluding carboxylic acids is 1. The van der Waals surface area contributed by atoms with E-state index < -0.39 is 10.0 Å². The van der Waals surface area contributed by atoms with Crippen molar-refractivity contribution >= 4 is 15.9 Å². The van der Waals surface area contributed by atoms with Gasteiger partial charge in [0.2, 0.25) is 15.9 Å². The van der Waals surface area contributed by atoms with Crippen molar-refractivity contribution in [1.82, 2.24) is 9.62 Å². The van der Waals surface area contributed by atoms with E-state index in [1.165, 1.54) is 0 Å². The number of amides is 1. The van der Waals surface area contributed by atoms with Crippen LogP contribution in [0.3, 0.4) is 0 Å². The topological polar surface area (TPSA) is 84.9 Å². The highest BCUT2D eigenvalue weighted by atomic mass is 32.2. The Bertz CT molecular complexity index is 1030. The van der Waals surface area contributed by atoms with Crippen LogP contribution >= 0.6 is 0 Å². The van der Waals surface area contributed by atoms with Crippen LogP contribution in [0.1, 0.15) is 56.2 Å². The van der Waals surface area contributed by atoms with Crippen molar-refractivity contribution < 1.29 is 22.7 Å². The van der Waals surface area contributed by atoms with Gasteiger partial charge in [0, 0.05) is 25.1 Å². The van der Waals surface area contributed by atoms with E-state index in [0.717, 1.165) is 36.8 Å². The first kappa shape index (κ1) is 25.1. The molecule has 0 bridgehead atoms. The molecule has 2 aromatic rings. The van der Waals surface area contributed by atoms with E-state index in [4.69, 9.17) is 9.47 Å². The van der Waals surface area contributed by atoms with Crippen molar-refractivity contribution in [3.8, 4) is 11.5 Å². The molecular weight excluding hydrogens is 440 g/mol. The number of nitrogens with zero attached hydrogens (tertiary/aromatic N) is 1. The summed E-state index contributed by atoms with van der Waals surface area (Å²) in [5.74, 6) is 1.29. The summed E-state index contributed by atoms with van der Waals surface area (Å²) < 4.78 is 38.1. The van der Waals surface area contributed by atoms with Gasteiger partial charge in [0.25, 0.3) is 0 Å². The fourth-order valence-electron chi connectivity index (χ4n) is 4.09. The molecule has 1 aliphatic rings. The zero-order valence-electron chi connectivity index (χ0n) is 19.7. The highest BCUT2D eigenvalue weighted by Crippen LogP contribution is 2.29. The SMILES string of the molecule is COc1ccc(OC)c(C(C)NC(=O)CCc2ccc(S(=O)(=O)N3CCCCCC3)cc2)c1. The number of hydrogen-bond acceptors (Lipinski definition) is 5. The third-order valence-corrected chi connectivity index (χ3v) is 7.96. The molecule has 0 spiro atoms. The van der Waals surface area contributed by atoms with E-state index >= 15 is 0 Å². The molecule has 0 aliphatic carbocycles. The lowest BCUT2D eigenvalue weighted by Crippen LogP contribution is -2.31. The number of aryl methyl sites for hydroxylation is 1. The summed E-state index contributed by atoms with van der Waals surface area (Å²) in [6.45, 7) is 3.07. The number of ether oxygens (including phenoxy) is 2. The molecule has 1 amide bonds. The smallest absolute Gasteiger partial charge is 0.243 e. The third kappa shape index (κ3) is 6.48. The molecule has 2 aromatic carbocycles. The van der Waals surface area contributed by atoms with Crippen LogP contribution in [-0.2, 0) is 21.2 Å². The van der Waals surface area contributed by atoms with Crippen LogP contribution in [0.4, 0.5) is 0 Å². The van der Waals surface area contributed by atoms with Crippen LogP contribution in [0.2, 0.25) is 0 Å². The van der Waals surface area contributed by atoms with Crippen molar-refractivity contribution in [3.05, 3.63) is 53.6 Å². The summed E-state index contributed by atoms with van der Waals surface area (Å²) in [5.41, 5.74) is 1.76. The maximum absolute atomic E-state index is 12.9. The van der Waals surface area contributed by atoms with E-state index in [9.17, 15) is 13.2 Å². The van der Waals surface area contributed by atoms with Crippen molar-refractivity contribution in [2.75, 3.05) is 27.3 Å². The number of rotatable bonds is 9. The fourth-order valence-corrected chi connectivity index (χ4v) is 5.60. The van der Waals surface area contributed by atoms with Gasteiger partial charge in [-0.25, -0.2) is 8.42 Å². The van der Waals surface area contributed by atoms with Crippen LogP contribution in [0.15, 0.2) is 47.4 Å². The lowest BCUT2D eigenvalue weighted by molar-refractivity contribution is -0.121. The second kappa shape index (κ2) is 11.5. The second-order valence-corrected chi connectivity index (χ2v) is 10.3. The number of nitrogens with one attached hydrogen (secondary N) is 1. The Balaban J connectivity index is 1.57. The summed E-state index contributed by atoms with van der Waals surface area (Å²) in [5, 5.41) is 3.00. The molecule has 1 unspecified atom stereocenters. The van der Waals surface area contributed by atoms with Gasteiger partial charge >= 0.3 is 0 Å². The van der Waals surface area contributed by atoms with E-state index in [2.05, 4.69) is 5.32 Å². The van der Waals surface area contributed by atoms with Gasteiger partial charge in [-0.05, 0) is 62.1 Å². The van der Waals surface area contributed by atoms with Crippen LogP contribution in [-0.4, -0.2) is 45.9 Å². The molecule has 1 N–H and O–H groups in total. The largest absolute Gasteiger partial charge is 0.497 e. The summed E-state index contributed by atoms with van der Waals surface area (Å²) in [6.07, 6.45) is 4.80. The van der Waals surface area contributed by atoms with Crippen LogP contribution in [0.5, 0.6) is 11.5 Å². The van der Waals surface area contributed by atoms with Gasteiger partial charge in [-0.2, -0.15) is 4.31 Å². The normalized spacial score (nSPS) is 16.0. The Morgan fingerprint density at radius 2 is 1.67 bits per heavy atom. The van der Waals surface area contributed by atoms with Crippen LogP contribution in [0.25, 0.3) is 0 Å². The van der Waals surface area contributed by atoms with Crippen molar-refractivity contribution in [2.24, 2.45) is 0 Å². The zero-order valence-corrected chi connectivity index (χ0v) is 20.5. The predicted octanol–water partition coefficient (Wildman–Crippen LogP) is 4.08. The fraction of sp³-hybridized carbons (Fsp3) is 0.480. The third-order valence-electron chi connectivity index (χ3n) is 6.05. The summed E-state index contributed by atoms with van der Waals surface area (Å²) >= 11 is 0. The second-order valence-electron chi connectivity index (χ2n) is 8.36. The maximum atomic E-state index is 12.9. The first-order valence-electron chi connectivity index (χ1n) is 11.5. The molecule has 180 valence electrons. The number of carbonyl (C=O) groups is 1. The Morgan fingerprint density at radius 3 is 2.27 bits per heavy atom. The van der Waals surface area contributed by atoms with E-state index in [-0.39, 0.29) is 11.9 Å². The lowest BCUT2D eigenvalue weighted by Gasteiger charge is -2.20. The average molecular weight is 475 g/mol. The Labute approximate surface area is 197 Å². The monoisotopic (exact) mass is 474 g/mol. The molecule has 7 nitrogen and oxygen atoms in total. The molecule has 0 saturated carbocycles. The minimum absolute atomic E-state index is 0.0892. The van der Waals surface area contributed by atoms with Crippen LogP contribution in [0, 0.1) is 0 Å². The summed E-state index contributed by atoms with van der Waals surface area (Å²) in [7, 11) is -0.270. The molecule has 33 heavy (non-hydrogen) atoms. The minimum Gasteiger partial charge on any atom is -0.497 e. The quantitative estimate of drug-likeness (QED) is 0.592. The van der Waals surface area contributed by atoms with Gasteiger partial charge in [-0.1, -0.05) is 25.0 Å². The van der Waals surface area contributed by atoms with E-state index in [1.54, 1.807) is 42.8 Å². The first-order valence-corrected chi connectivity index (χ1v) is 12.9. The van der Waals surface area contributed by atoms with Crippen molar-refractivity contribution in [2.45, 2.75) is 56.4 Å². The molecule has 1 heterocycles. The molecular formula is C25H34N2O5S. The van der Waals surface area contributed by atoms with Crippen molar-refractivity contribution in [1.29, 1.82) is 0 Å². The molecule has 1 saturated heterocycles. The summed E-state index contributed by atoms with van der Waals surface area (Å²) in [6, 6.07) is 12.1. The minimum atomic E-state index is -3.46. The standard InChI is InChI=1S/C25H34N2O5S/c1-19(23-18-21(31-2)11-14-24(23)32-3)26-25(28)15-10-20-8-12-22(13-9-20)33(29,30)27-16-6-4-5-7-17-27/h8-9,11-14,18-19H,4-7,10,15-17H2,1-3H3,(H,26,28). The zero-order chi connectivity index (χ0) is 23.8. The Morgan fingerprint density at radius 1 is 1.00 bits per heavy atom. The molecule has 3 rings (SSSR count). The van der Waals surface area contributed by atoms with Crippen LogP contribution < -0.4 is 14.8 Å². The number of benzene rings is 2. The highest BCUT2D eigenvalue weighted by Gasteiger charge is 2.25. The van der Waals surface area contributed by atoms with E-state index in [1.807, 2.05) is 25.1 Å². The number of hydrogen-bond donors (Lipinski definition) is 1.